The SMILES string of the molecule is CCCCCCCc1ccc(O)c(CN(C)CC(=O)O)c1. The van der Waals surface area contributed by atoms with Crippen molar-refractivity contribution in [3.8, 4) is 5.75 Å². The Kier molecular flexibility index (Phi) is 7.83. The zero-order chi connectivity index (χ0) is 15.7. The maximum Gasteiger partial charge on any atom is 0.317 e. The minimum atomic E-state index is -0.857. The van der Waals surface area contributed by atoms with Crippen molar-refractivity contribution in [2.24, 2.45) is 0 Å². The Morgan fingerprint density at radius 2 is 1.90 bits per heavy atom. The van der Waals surface area contributed by atoms with Crippen LogP contribution in [0.2, 0.25) is 0 Å². The van der Waals surface area contributed by atoms with E-state index in [1.807, 2.05) is 12.1 Å². The molecule has 0 aliphatic heterocycles. The summed E-state index contributed by atoms with van der Waals surface area (Å²) in [6.07, 6.45) is 7.24. The summed E-state index contributed by atoms with van der Waals surface area (Å²) < 4.78 is 0. The van der Waals surface area contributed by atoms with Gasteiger partial charge in [0, 0.05) is 12.1 Å². The van der Waals surface area contributed by atoms with E-state index in [0.717, 1.165) is 18.4 Å². The van der Waals surface area contributed by atoms with Gasteiger partial charge in [-0.1, -0.05) is 44.7 Å². The maximum absolute atomic E-state index is 10.7. The third-order valence-electron chi connectivity index (χ3n) is 3.56. The topological polar surface area (TPSA) is 60.8 Å². The highest BCUT2D eigenvalue weighted by Crippen LogP contribution is 2.21. The van der Waals surface area contributed by atoms with Gasteiger partial charge in [0.2, 0.25) is 0 Å². The van der Waals surface area contributed by atoms with Gasteiger partial charge < -0.3 is 10.2 Å². The molecule has 4 nitrogen and oxygen atoms in total. The molecule has 21 heavy (non-hydrogen) atoms. The zero-order valence-corrected chi connectivity index (χ0v) is 13.1. The van der Waals surface area contributed by atoms with E-state index in [9.17, 15) is 9.90 Å². The second-order valence-electron chi connectivity index (χ2n) is 5.69. The lowest BCUT2D eigenvalue weighted by atomic mass is 10.0. The molecule has 0 saturated heterocycles. The number of rotatable bonds is 10. The number of aliphatic carboxylic acids is 1. The van der Waals surface area contributed by atoms with Gasteiger partial charge in [0.15, 0.2) is 0 Å². The second-order valence-corrected chi connectivity index (χ2v) is 5.69. The average molecular weight is 293 g/mol. The Morgan fingerprint density at radius 1 is 1.19 bits per heavy atom. The predicted octanol–water partition coefficient (Wildman–Crippen LogP) is 3.42. The second kappa shape index (κ2) is 9.40. The van der Waals surface area contributed by atoms with E-state index in [1.54, 1.807) is 18.0 Å². The summed E-state index contributed by atoms with van der Waals surface area (Å²) in [5.74, 6) is -0.619. The van der Waals surface area contributed by atoms with E-state index in [4.69, 9.17) is 5.11 Å². The highest BCUT2D eigenvalue weighted by Gasteiger charge is 2.09. The number of aryl methyl sites for hydroxylation is 1. The quantitative estimate of drug-likeness (QED) is 0.649. The number of nitrogens with zero attached hydrogens (tertiary/aromatic N) is 1. The van der Waals surface area contributed by atoms with Crippen LogP contribution in [-0.2, 0) is 17.8 Å². The Bertz CT molecular complexity index is 446. The fourth-order valence-corrected chi connectivity index (χ4v) is 2.43. The molecular weight excluding hydrogens is 266 g/mol. The van der Waals surface area contributed by atoms with Crippen LogP contribution in [0.1, 0.15) is 50.2 Å². The van der Waals surface area contributed by atoms with E-state index < -0.39 is 5.97 Å². The van der Waals surface area contributed by atoms with Crippen molar-refractivity contribution in [1.29, 1.82) is 0 Å². The van der Waals surface area contributed by atoms with Gasteiger partial charge in [-0.2, -0.15) is 0 Å². The number of hydrogen-bond donors (Lipinski definition) is 2. The van der Waals surface area contributed by atoms with Gasteiger partial charge in [0.1, 0.15) is 5.75 Å². The number of benzene rings is 1. The highest BCUT2D eigenvalue weighted by atomic mass is 16.4. The lowest BCUT2D eigenvalue weighted by Gasteiger charge is -2.15. The number of likely N-dealkylation sites (N-methyl/N-ethyl adjacent to an activating group) is 1. The molecule has 4 heteroatoms. The van der Waals surface area contributed by atoms with Crippen LogP contribution in [0.5, 0.6) is 5.75 Å². The Hall–Kier alpha value is -1.55. The molecule has 1 aromatic rings. The predicted molar refractivity (Wildman–Crippen MR) is 84.5 cm³/mol. The number of hydrogen-bond acceptors (Lipinski definition) is 3. The molecule has 0 aromatic heterocycles. The lowest BCUT2D eigenvalue weighted by Crippen LogP contribution is -2.25. The molecule has 1 aromatic carbocycles. The van der Waals surface area contributed by atoms with Crippen molar-refractivity contribution in [3.05, 3.63) is 29.3 Å². The molecule has 0 bridgehead atoms. The summed E-state index contributed by atoms with van der Waals surface area (Å²) >= 11 is 0. The van der Waals surface area contributed by atoms with Crippen LogP contribution in [0.3, 0.4) is 0 Å². The Balaban J connectivity index is 2.52. The van der Waals surface area contributed by atoms with Crippen molar-refractivity contribution in [2.75, 3.05) is 13.6 Å². The molecular formula is C17H27NO3. The van der Waals surface area contributed by atoms with E-state index >= 15 is 0 Å². The number of phenolic OH excluding ortho intramolecular Hbond substituents is 1. The van der Waals surface area contributed by atoms with Crippen LogP contribution in [0.15, 0.2) is 18.2 Å². The van der Waals surface area contributed by atoms with Gasteiger partial charge in [-0.3, -0.25) is 9.69 Å². The van der Waals surface area contributed by atoms with Crippen molar-refractivity contribution >= 4 is 5.97 Å². The third kappa shape index (κ3) is 7.14. The van der Waals surface area contributed by atoms with Crippen LogP contribution in [-0.4, -0.2) is 34.7 Å². The minimum Gasteiger partial charge on any atom is -0.508 e. The van der Waals surface area contributed by atoms with Crippen LogP contribution < -0.4 is 0 Å². The number of carboxylic acid groups (broad SMARTS) is 1. The fourth-order valence-electron chi connectivity index (χ4n) is 2.43. The third-order valence-corrected chi connectivity index (χ3v) is 3.56. The van der Waals surface area contributed by atoms with Crippen molar-refractivity contribution in [3.63, 3.8) is 0 Å². The first kappa shape index (κ1) is 17.5. The van der Waals surface area contributed by atoms with Gasteiger partial charge >= 0.3 is 5.97 Å². The molecule has 0 unspecified atom stereocenters. The van der Waals surface area contributed by atoms with Gasteiger partial charge in [-0.25, -0.2) is 0 Å². The van der Waals surface area contributed by atoms with Gasteiger partial charge in [0.25, 0.3) is 0 Å². The van der Waals surface area contributed by atoms with Gasteiger partial charge in [-0.05, 0) is 31.5 Å². The summed E-state index contributed by atoms with van der Waals surface area (Å²) in [6, 6.07) is 5.66. The molecule has 2 N–H and O–H groups in total. The largest absolute Gasteiger partial charge is 0.508 e. The molecule has 0 fully saturated rings. The van der Waals surface area contributed by atoms with Crippen LogP contribution in [0.4, 0.5) is 0 Å². The smallest absolute Gasteiger partial charge is 0.317 e. The Labute approximate surface area is 127 Å². The number of unbranched alkanes of at least 4 members (excludes halogenated alkanes) is 4. The summed E-state index contributed by atoms with van der Waals surface area (Å²) in [5.41, 5.74) is 2.01. The standard InChI is InChI=1S/C17H27NO3/c1-3-4-5-6-7-8-14-9-10-16(19)15(11-14)12-18(2)13-17(20)21/h9-11,19H,3-8,12-13H2,1-2H3,(H,20,21). The molecule has 0 saturated carbocycles. The van der Waals surface area contributed by atoms with Crippen molar-refractivity contribution in [2.45, 2.75) is 52.0 Å². The monoisotopic (exact) mass is 293 g/mol. The molecule has 0 spiro atoms. The minimum absolute atomic E-state index is 0.0271. The first-order valence-electron chi connectivity index (χ1n) is 7.74. The fraction of sp³-hybridized carbons (Fsp3) is 0.588. The number of phenols is 1. The van der Waals surface area contributed by atoms with E-state index in [2.05, 4.69) is 6.92 Å². The average Bonchev–Trinajstić information content (AvgIpc) is 2.41. The zero-order valence-electron chi connectivity index (χ0n) is 13.1. The molecule has 0 aliphatic rings. The normalized spacial score (nSPS) is 11.0. The summed E-state index contributed by atoms with van der Waals surface area (Å²) in [6.45, 7) is 2.63. The molecule has 118 valence electrons. The number of carboxylic acids is 1. The maximum atomic E-state index is 10.7. The molecule has 0 aliphatic carbocycles. The van der Waals surface area contributed by atoms with Crippen LogP contribution in [0, 0.1) is 0 Å². The van der Waals surface area contributed by atoms with Crippen molar-refractivity contribution < 1.29 is 15.0 Å². The first-order valence-corrected chi connectivity index (χ1v) is 7.74. The van der Waals surface area contributed by atoms with Crippen molar-refractivity contribution in [1.82, 2.24) is 4.90 Å². The van der Waals surface area contributed by atoms with E-state index in [0.29, 0.717) is 6.54 Å². The van der Waals surface area contributed by atoms with Gasteiger partial charge in [-0.15, -0.1) is 0 Å². The molecule has 0 radical (unpaired) electrons. The summed E-state index contributed by atoms with van der Waals surface area (Å²) in [4.78, 5) is 12.4. The number of aromatic hydroxyl groups is 1. The molecule has 0 atom stereocenters. The Morgan fingerprint density at radius 3 is 2.57 bits per heavy atom. The molecule has 0 heterocycles. The summed E-state index contributed by atoms with van der Waals surface area (Å²) in [5, 5.41) is 18.7. The molecule has 1 rings (SSSR count). The lowest BCUT2D eigenvalue weighted by molar-refractivity contribution is -0.138. The van der Waals surface area contributed by atoms with E-state index in [-0.39, 0.29) is 12.3 Å². The first-order chi connectivity index (χ1) is 10.0. The molecule has 0 amide bonds. The van der Waals surface area contributed by atoms with Gasteiger partial charge in [0.05, 0.1) is 6.54 Å². The van der Waals surface area contributed by atoms with Crippen LogP contribution >= 0.6 is 0 Å². The number of carbonyl (C=O) groups is 1. The van der Waals surface area contributed by atoms with Crippen LogP contribution in [0.25, 0.3) is 0 Å². The highest BCUT2D eigenvalue weighted by molar-refractivity contribution is 5.69. The van der Waals surface area contributed by atoms with E-state index in [1.165, 1.54) is 31.2 Å². The summed E-state index contributed by atoms with van der Waals surface area (Å²) in [7, 11) is 1.74.